The Hall–Kier alpha value is -1.21. The number of benzene rings is 1. The van der Waals surface area contributed by atoms with Crippen molar-refractivity contribution in [3.63, 3.8) is 0 Å². The first-order valence-corrected chi connectivity index (χ1v) is 8.84. The summed E-state index contributed by atoms with van der Waals surface area (Å²) in [6.45, 7) is 3.48. The topological polar surface area (TPSA) is 38.2 Å². The van der Waals surface area contributed by atoms with Crippen LogP contribution < -0.4 is 4.74 Å². The van der Waals surface area contributed by atoms with Crippen LogP contribution in [0.3, 0.4) is 0 Å². The first kappa shape index (κ1) is 14.4. The Morgan fingerprint density at radius 2 is 1.77 bits per heavy atom. The molecule has 2 aromatic rings. The normalized spacial score (nSPS) is 26.9. The van der Waals surface area contributed by atoms with Gasteiger partial charge in [-0.05, 0) is 72.6 Å². The summed E-state index contributed by atoms with van der Waals surface area (Å²) in [6, 6.07) is 12.2. The highest BCUT2D eigenvalue weighted by atomic mass is 127. The van der Waals surface area contributed by atoms with Gasteiger partial charge in [-0.25, -0.2) is 0 Å². The molecule has 3 fully saturated rings. The van der Waals surface area contributed by atoms with Crippen molar-refractivity contribution in [2.45, 2.75) is 18.9 Å². The molecule has 1 aromatic carbocycles. The Balaban J connectivity index is 1.46. The van der Waals surface area contributed by atoms with Crippen molar-refractivity contribution in [3.05, 3.63) is 40.0 Å². The number of hydrogen-bond donors (Lipinski definition) is 0. The third-order valence-corrected chi connectivity index (χ3v) is 5.37. The van der Waals surface area contributed by atoms with Gasteiger partial charge in [0.15, 0.2) is 0 Å². The van der Waals surface area contributed by atoms with Crippen LogP contribution in [0.15, 0.2) is 36.4 Å². The molecular weight excluding hydrogens is 389 g/mol. The van der Waals surface area contributed by atoms with E-state index in [-0.39, 0.29) is 6.10 Å². The van der Waals surface area contributed by atoms with E-state index in [1.54, 1.807) is 0 Å². The third kappa shape index (κ3) is 2.96. The molecular formula is C17H18IN3O. The number of ether oxygens (including phenoxy) is 1. The maximum Gasteiger partial charge on any atom is 0.233 e. The molecule has 2 bridgehead atoms. The van der Waals surface area contributed by atoms with E-state index in [4.69, 9.17) is 4.74 Å². The first-order chi connectivity index (χ1) is 10.8. The van der Waals surface area contributed by atoms with E-state index < -0.39 is 0 Å². The molecule has 0 radical (unpaired) electrons. The minimum absolute atomic E-state index is 0.279. The average Bonchev–Trinajstić information content (AvgIpc) is 2.58. The summed E-state index contributed by atoms with van der Waals surface area (Å²) in [5, 5.41) is 8.58. The lowest BCUT2D eigenvalue weighted by molar-refractivity contribution is -0.0103. The summed E-state index contributed by atoms with van der Waals surface area (Å²) < 4.78 is 7.30. The second-order valence-corrected chi connectivity index (χ2v) is 7.30. The predicted octanol–water partition coefficient (Wildman–Crippen LogP) is 3.22. The van der Waals surface area contributed by atoms with E-state index in [9.17, 15) is 0 Å². The van der Waals surface area contributed by atoms with Gasteiger partial charge in [-0.15, -0.1) is 10.2 Å². The molecule has 3 saturated heterocycles. The highest BCUT2D eigenvalue weighted by molar-refractivity contribution is 14.1. The van der Waals surface area contributed by atoms with Crippen molar-refractivity contribution < 1.29 is 4.74 Å². The minimum Gasteiger partial charge on any atom is -0.472 e. The number of aromatic nitrogens is 2. The van der Waals surface area contributed by atoms with Crippen LogP contribution in [0.5, 0.6) is 5.88 Å². The van der Waals surface area contributed by atoms with Crippen LogP contribution in [0.1, 0.15) is 12.8 Å². The van der Waals surface area contributed by atoms with Gasteiger partial charge in [-0.2, -0.15) is 0 Å². The molecule has 0 aliphatic carbocycles. The summed E-state index contributed by atoms with van der Waals surface area (Å²) in [6.07, 6.45) is 2.78. The standard InChI is InChI=1S/C17H18IN3O/c18-14-3-1-12(2-4-14)15-5-6-17(20-19-15)22-16-11-21-9-7-13(16)8-10-21/h1-6,13,16H,7-11H2/t16-/m0/s1. The number of piperidine rings is 3. The molecule has 4 nitrogen and oxygen atoms in total. The lowest BCUT2D eigenvalue weighted by Crippen LogP contribution is -2.52. The predicted molar refractivity (Wildman–Crippen MR) is 93.8 cm³/mol. The van der Waals surface area contributed by atoms with Gasteiger partial charge in [0.2, 0.25) is 5.88 Å². The molecule has 0 saturated carbocycles. The summed E-state index contributed by atoms with van der Waals surface area (Å²) in [4.78, 5) is 2.48. The second-order valence-electron chi connectivity index (χ2n) is 6.06. The van der Waals surface area contributed by atoms with Gasteiger partial charge in [0, 0.05) is 21.7 Å². The van der Waals surface area contributed by atoms with E-state index in [0.29, 0.717) is 11.8 Å². The van der Waals surface area contributed by atoms with Gasteiger partial charge < -0.3 is 4.74 Å². The van der Waals surface area contributed by atoms with Gasteiger partial charge in [0.25, 0.3) is 0 Å². The monoisotopic (exact) mass is 407 g/mol. The Morgan fingerprint density at radius 3 is 2.36 bits per heavy atom. The van der Waals surface area contributed by atoms with Gasteiger partial charge in [-0.3, -0.25) is 4.90 Å². The highest BCUT2D eigenvalue weighted by Gasteiger charge is 2.35. The van der Waals surface area contributed by atoms with Gasteiger partial charge in [0.05, 0.1) is 5.69 Å². The smallest absolute Gasteiger partial charge is 0.233 e. The maximum absolute atomic E-state index is 6.08. The fourth-order valence-corrected chi connectivity index (χ4v) is 3.72. The molecule has 4 heterocycles. The Bertz CT molecular complexity index is 636. The van der Waals surface area contributed by atoms with Crippen LogP contribution >= 0.6 is 22.6 Å². The number of halogens is 1. The van der Waals surface area contributed by atoms with Crippen molar-refractivity contribution in [2.24, 2.45) is 5.92 Å². The van der Waals surface area contributed by atoms with Crippen molar-refractivity contribution in [1.29, 1.82) is 0 Å². The molecule has 3 aliphatic heterocycles. The van der Waals surface area contributed by atoms with Crippen LogP contribution in [-0.2, 0) is 0 Å². The van der Waals surface area contributed by atoms with Crippen LogP contribution in [-0.4, -0.2) is 40.8 Å². The molecule has 5 heteroatoms. The van der Waals surface area contributed by atoms with E-state index in [1.165, 1.54) is 29.5 Å². The minimum atomic E-state index is 0.279. The number of hydrogen-bond acceptors (Lipinski definition) is 4. The fourth-order valence-electron chi connectivity index (χ4n) is 3.36. The molecule has 0 amide bonds. The Kier molecular flexibility index (Phi) is 4.00. The SMILES string of the molecule is Ic1ccc(-c2ccc(O[C@H]3CN4CCC3CC4)nn2)cc1. The number of fused-ring (bicyclic) bond motifs is 3. The lowest BCUT2D eigenvalue weighted by Gasteiger charge is -2.44. The van der Waals surface area contributed by atoms with Crippen LogP contribution in [0, 0.1) is 9.49 Å². The zero-order chi connectivity index (χ0) is 14.9. The molecule has 3 aliphatic rings. The zero-order valence-corrected chi connectivity index (χ0v) is 14.4. The van der Waals surface area contributed by atoms with Gasteiger partial charge in [0.1, 0.15) is 6.10 Å². The lowest BCUT2D eigenvalue weighted by atomic mass is 9.86. The maximum atomic E-state index is 6.08. The quantitative estimate of drug-likeness (QED) is 0.733. The molecule has 0 unspecified atom stereocenters. The molecule has 22 heavy (non-hydrogen) atoms. The Morgan fingerprint density at radius 1 is 1.00 bits per heavy atom. The van der Waals surface area contributed by atoms with Gasteiger partial charge >= 0.3 is 0 Å². The highest BCUT2D eigenvalue weighted by Crippen LogP contribution is 2.30. The summed E-state index contributed by atoms with van der Waals surface area (Å²) >= 11 is 2.30. The summed E-state index contributed by atoms with van der Waals surface area (Å²) in [7, 11) is 0. The van der Waals surface area contributed by atoms with Gasteiger partial charge in [-0.1, -0.05) is 12.1 Å². The molecule has 5 rings (SSSR count). The van der Waals surface area contributed by atoms with Crippen LogP contribution in [0.4, 0.5) is 0 Å². The van der Waals surface area contributed by atoms with Crippen molar-refractivity contribution >= 4 is 22.6 Å². The average molecular weight is 407 g/mol. The van der Waals surface area contributed by atoms with E-state index in [2.05, 4.69) is 62.0 Å². The molecule has 1 aromatic heterocycles. The van der Waals surface area contributed by atoms with Crippen LogP contribution in [0.25, 0.3) is 11.3 Å². The third-order valence-electron chi connectivity index (χ3n) is 4.65. The fraction of sp³-hybridized carbons (Fsp3) is 0.412. The van der Waals surface area contributed by atoms with Crippen molar-refractivity contribution in [3.8, 4) is 17.1 Å². The molecule has 0 N–H and O–H groups in total. The van der Waals surface area contributed by atoms with Crippen molar-refractivity contribution in [2.75, 3.05) is 19.6 Å². The van der Waals surface area contributed by atoms with Crippen molar-refractivity contribution in [1.82, 2.24) is 15.1 Å². The number of rotatable bonds is 3. The zero-order valence-electron chi connectivity index (χ0n) is 12.3. The first-order valence-electron chi connectivity index (χ1n) is 7.76. The molecule has 1 atom stereocenters. The molecule has 0 spiro atoms. The van der Waals surface area contributed by atoms with E-state index in [0.717, 1.165) is 17.8 Å². The molecule has 114 valence electrons. The second kappa shape index (κ2) is 6.12. The van der Waals surface area contributed by atoms with E-state index >= 15 is 0 Å². The Labute approximate surface area is 144 Å². The summed E-state index contributed by atoms with van der Waals surface area (Å²) in [5.41, 5.74) is 1.97. The van der Waals surface area contributed by atoms with E-state index in [1.807, 2.05) is 12.1 Å². The number of nitrogens with zero attached hydrogens (tertiary/aromatic N) is 3. The summed E-state index contributed by atoms with van der Waals surface area (Å²) in [5.74, 6) is 1.33. The largest absolute Gasteiger partial charge is 0.472 e. The van der Waals surface area contributed by atoms with Crippen LogP contribution in [0.2, 0.25) is 0 Å².